The molecule has 1 fully saturated rings. The summed E-state index contributed by atoms with van der Waals surface area (Å²) in [5.41, 5.74) is 2.41. The second kappa shape index (κ2) is 17.8. The number of aryl methyl sites for hydroxylation is 1. The van der Waals surface area contributed by atoms with Gasteiger partial charge in [0, 0.05) is 31.8 Å². The Labute approximate surface area is 307 Å². The SMILES string of the molecule is Cc1cccc(CC(CC(O[Si](C)(C)C(C)(C)C)C(Cc2ccccc2)NC(=O)OC(C)(C)C)C(=O)N[C@H](C(=O)N2CCC(=O)CC2)C(C)C)c1. The molecule has 4 atom stereocenters. The van der Waals surface area contributed by atoms with Crippen molar-refractivity contribution in [1.29, 1.82) is 0 Å². The number of nitrogens with zero attached hydrogens (tertiary/aromatic N) is 1. The summed E-state index contributed by atoms with van der Waals surface area (Å²) >= 11 is 0. The van der Waals surface area contributed by atoms with Crippen LogP contribution in [0.3, 0.4) is 0 Å². The summed E-state index contributed by atoms with van der Waals surface area (Å²) in [6.45, 7) is 23.0. The van der Waals surface area contributed by atoms with Crippen LogP contribution in [-0.4, -0.2) is 73.8 Å². The average Bonchev–Trinajstić information content (AvgIpc) is 3.01. The minimum absolute atomic E-state index is 0.145. The standard InChI is InChI=1S/C41H63N3O6Si/c1-28(2)36(38(47)44-22-20-33(45)21-23-44)43-37(46)32(25-31-19-15-16-29(3)24-31)27-35(50-51(10,11)41(7,8)9)34(26-30-17-13-12-14-18-30)42-39(48)49-40(4,5)6/h12-19,24,28,32,34-36H,20-23,25-27H2,1-11H3,(H,42,48)(H,43,46)/t32?,34?,35?,36-/m0/s1. The van der Waals surface area contributed by atoms with E-state index in [1.54, 1.807) is 4.90 Å². The molecule has 2 N–H and O–H groups in total. The highest BCUT2D eigenvalue weighted by atomic mass is 28.4. The molecule has 1 aliphatic heterocycles. The zero-order chi connectivity index (χ0) is 38.1. The lowest BCUT2D eigenvalue weighted by atomic mass is 9.87. The van der Waals surface area contributed by atoms with Crippen molar-refractivity contribution < 1.29 is 28.3 Å². The molecular formula is C41H63N3O6Si. The Morgan fingerprint density at radius 1 is 0.863 bits per heavy atom. The van der Waals surface area contributed by atoms with Crippen LogP contribution in [0.1, 0.15) is 91.3 Å². The minimum atomic E-state index is -2.46. The minimum Gasteiger partial charge on any atom is -0.444 e. The van der Waals surface area contributed by atoms with Crippen molar-refractivity contribution in [3.8, 4) is 0 Å². The molecular weight excluding hydrogens is 659 g/mol. The van der Waals surface area contributed by atoms with Gasteiger partial charge in [0.15, 0.2) is 8.32 Å². The highest BCUT2D eigenvalue weighted by Gasteiger charge is 2.43. The predicted molar refractivity (Wildman–Crippen MR) is 206 cm³/mol. The third-order valence-electron chi connectivity index (χ3n) is 10.0. The first-order valence-electron chi connectivity index (χ1n) is 18.5. The van der Waals surface area contributed by atoms with E-state index in [1.807, 2.05) is 90.1 Å². The number of amides is 3. The third-order valence-corrected chi connectivity index (χ3v) is 14.5. The van der Waals surface area contributed by atoms with E-state index < -0.39 is 44.1 Å². The van der Waals surface area contributed by atoms with Gasteiger partial charge in [-0.2, -0.15) is 0 Å². The normalized spacial score (nSPS) is 16.6. The van der Waals surface area contributed by atoms with E-state index in [9.17, 15) is 19.2 Å². The van der Waals surface area contributed by atoms with Gasteiger partial charge in [0.2, 0.25) is 11.8 Å². The first-order valence-corrected chi connectivity index (χ1v) is 21.4. The molecule has 0 bridgehead atoms. The molecule has 3 rings (SSSR count). The first kappa shape index (κ1) is 41.9. The Bertz CT molecular complexity index is 1470. The summed E-state index contributed by atoms with van der Waals surface area (Å²) < 4.78 is 12.9. The van der Waals surface area contributed by atoms with Crippen LogP contribution in [0.25, 0.3) is 0 Å². The Kier molecular flexibility index (Phi) is 14.6. The van der Waals surface area contributed by atoms with Gasteiger partial charge in [0.1, 0.15) is 17.4 Å². The maximum atomic E-state index is 14.6. The van der Waals surface area contributed by atoms with Crippen molar-refractivity contribution in [2.24, 2.45) is 11.8 Å². The smallest absolute Gasteiger partial charge is 0.407 e. The number of nitrogens with one attached hydrogen (secondary N) is 2. The predicted octanol–water partition coefficient (Wildman–Crippen LogP) is 7.40. The van der Waals surface area contributed by atoms with Crippen LogP contribution in [0, 0.1) is 18.8 Å². The number of benzene rings is 2. The fraction of sp³-hybridized carbons (Fsp3) is 0.610. The maximum absolute atomic E-state index is 14.6. The lowest BCUT2D eigenvalue weighted by Crippen LogP contribution is -2.56. The van der Waals surface area contributed by atoms with E-state index in [-0.39, 0.29) is 28.6 Å². The van der Waals surface area contributed by atoms with Gasteiger partial charge >= 0.3 is 6.09 Å². The number of alkyl carbamates (subject to hydrolysis) is 1. The van der Waals surface area contributed by atoms with Gasteiger partial charge in [-0.3, -0.25) is 14.4 Å². The van der Waals surface area contributed by atoms with Crippen molar-refractivity contribution in [3.63, 3.8) is 0 Å². The molecule has 0 saturated carbocycles. The molecule has 282 valence electrons. The van der Waals surface area contributed by atoms with Crippen LogP contribution in [0.5, 0.6) is 0 Å². The van der Waals surface area contributed by atoms with E-state index in [2.05, 4.69) is 50.6 Å². The number of carbonyl (C=O) groups excluding carboxylic acids is 4. The molecule has 1 heterocycles. The van der Waals surface area contributed by atoms with Gasteiger partial charge in [0.25, 0.3) is 0 Å². The van der Waals surface area contributed by atoms with E-state index in [4.69, 9.17) is 9.16 Å². The van der Waals surface area contributed by atoms with Gasteiger partial charge in [-0.05, 0) is 82.1 Å². The van der Waals surface area contributed by atoms with Crippen LogP contribution in [0.15, 0.2) is 54.6 Å². The van der Waals surface area contributed by atoms with Crippen LogP contribution < -0.4 is 10.6 Å². The molecule has 1 aliphatic rings. The molecule has 2 aromatic carbocycles. The molecule has 51 heavy (non-hydrogen) atoms. The summed E-state index contributed by atoms with van der Waals surface area (Å²) in [6.07, 6.45) is 0.765. The van der Waals surface area contributed by atoms with Gasteiger partial charge < -0.3 is 24.7 Å². The molecule has 2 aromatic rings. The average molecular weight is 722 g/mol. The Balaban J connectivity index is 2.07. The van der Waals surface area contributed by atoms with E-state index in [0.717, 1.165) is 16.7 Å². The summed E-state index contributed by atoms with van der Waals surface area (Å²) in [6, 6.07) is 16.8. The first-order chi connectivity index (χ1) is 23.6. The molecule has 10 heteroatoms. The number of ether oxygens (including phenoxy) is 1. The Morgan fingerprint density at radius 3 is 2.02 bits per heavy atom. The van der Waals surface area contributed by atoms with Crippen LogP contribution in [0.2, 0.25) is 18.1 Å². The molecule has 1 saturated heterocycles. The Hall–Kier alpha value is -3.50. The molecule has 0 aliphatic carbocycles. The lowest BCUT2D eigenvalue weighted by Gasteiger charge is -2.42. The fourth-order valence-corrected chi connectivity index (χ4v) is 7.47. The van der Waals surface area contributed by atoms with Gasteiger partial charge in [-0.1, -0.05) is 94.8 Å². The largest absolute Gasteiger partial charge is 0.444 e. The second-order valence-electron chi connectivity index (χ2n) is 17.1. The topological polar surface area (TPSA) is 114 Å². The maximum Gasteiger partial charge on any atom is 0.407 e. The van der Waals surface area contributed by atoms with Crippen LogP contribution >= 0.6 is 0 Å². The van der Waals surface area contributed by atoms with Crippen molar-refractivity contribution in [2.45, 2.75) is 136 Å². The number of likely N-dealkylation sites (tertiary alicyclic amines) is 1. The van der Waals surface area contributed by atoms with Crippen LogP contribution in [-0.2, 0) is 36.4 Å². The Morgan fingerprint density at radius 2 is 1.47 bits per heavy atom. The summed E-state index contributed by atoms with van der Waals surface area (Å²) in [7, 11) is -2.46. The zero-order valence-corrected chi connectivity index (χ0v) is 33.9. The van der Waals surface area contributed by atoms with E-state index >= 15 is 0 Å². The molecule has 3 unspecified atom stereocenters. The quantitative estimate of drug-likeness (QED) is 0.197. The molecule has 3 amide bonds. The number of Topliss-reactive ketones (excluding diaryl/α,β-unsaturated/α-hetero) is 1. The zero-order valence-electron chi connectivity index (χ0n) is 32.9. The fourth-order valence-electron chi connectivity index (χ4n) is 6.10. The summed E-state index contributed by atoms with van der Waals surface area (Å²) in [4.78, 5) is 55.4. The van der Waals surface area contributed by atoms with Crippen molar-refractivity contribution in [1.82, 2.24) is 15.5 Å². The van der Waals surface area contributed by atoms with Gasteiger partial charge in [-0.15, -0.1) is 0 Å². The van der Waals surface area contributed by atoms with Gasteiger partial charge in [-0.25, -0.2) is 4.79 Å². The molecule has 0 spiro atoms. The summed E-state index contributed by atoms with van der Waals surface area (Å²) in [5.74, 6) is -1.01. The molecule has 9 nitrogen and oxygen atoms in total. The number of hydrogen-bond donors (Lipinski definition) is 2. The second-order valence-corrected chi connectivity index (χ2v) is 21.8. The summed E-state index contributed by atoms with van der Waals surface area (Å²) in [5, 5.41) is 6.16. The monoisotopic (exact) mass is 721 g/mol. The van der Waals surface area contributed by atoms with E-state index in [0.29, 0.717) is 45.2 Å². The highest BCUT2D eigenvalue weighted by Crippen LogP contribution is 2.39. The number of hydrogen-bond acceptors (Lipinski definition) is 6. The van der Waals surface area contributed by atoms with E-state index in [1.165, 1.54) is 0 Å². The highest BCUT2D eigenvalue weighted by molar-refractivity contribution is 6.74. The third kappa shape index (κ3) is 13.2. The molecule has 0 aromatic heterocycles. The van der Waals surface area contributed by atoms with Crippen LogP contribution in [0.4, 0.5) is 4.79 Å². The number of rotatable bonds is 14. The number of ketones is 1. The number of piperidine rings is 1. The van der Waals surface area contributed by atoms with Crippen molar-refractivity contribution in [3.05, 3.63) is 71.3 Å². The lowest BCUT2D eigenvalue weighted by molar-refractivity contribution is -0.141. The van der Waals surface area contributed by atoms with Crippen molar-refractivity contribution in [2.75, 3.05) is 13.1 Å². The molecule has 0 radical (unpaired) electrons. The van der Waals surface area contributed by atoms with Crippen molar-refractivity contribution >= 4 is 32.0 Å². The van der Waals surface area contributed by atoms with Gasteiger partial charge in [0.05, 0.1) is 12.1 Å². The number of carbonyl (C=O) groups is 4.